The average molecular weight is 395 g/mol. The van der Waals surface area contributed by atoms with Crippen LogP contribution in [0.5, 0.6) is 5.75 Å². The lowest BCUT2D eigenvalue weighted by Gasteiger charge is -2.38. The normalized spacial score (nSPS) is 20.5. The fraction of sp³-hybridized carbons (Fsp3) is 0.136. The zero-order chi connectivity index (χ0) is 18.4. The van der Waals surface area contributed by atoms with Crippen LogP contribution in [0.4, 0.5) is 0 Å². The molecule has 0 spiro atoms. The molecule has 134 valence electrons. The molecule has 3 aromatic carbocycles. The molecule has 0 radical (unpaired) electrons. The maximum absolute atomic E-state index is 6.49. The minimum absolute atomic E-state index is 0.113. The molecular weight excluding hydrogens is 379 g/mol. The highest BCUT2D eigenvalue weighted by Gasteiger charge is 2.41. The summed E-state index contributed by atoms with van der Waals surface area (Å²) in [4.78, 5) is 0. The molecule has 0 aromatic heterocycles. The van der Waals surface area contributed by atoms with Crippen molar-refractivity contribution in [1.29, 1.82) is 0 Å². The van der Waals surface area contributed by atoms with E-state index in [4.69, 9.17) is 33.0 Å². The van der Waals surface area contributed by atoms with E-state index in [1.807, 2.05) is 53.5 Å². The summed E-state index contributed by atoms with van der Waals surface area (Å²) in [5, 5.41) is 8.14. The molecule has 0 fully saturated rings. The molecule has 27 heavy (non-hydrogen) atoms. The fourth-order valence-corrected chi connectivity index (χ4v) is 4.25. The number of rotatable bonds is 2. The first-order chi connectivity index (χ1) is 13.2. The summed E-state index contributed by atoms with van der Waals surface area (Å²) < 4.78 is 6.33. The molecule has 0 bridgehead atoms. The van der Waals surface area contributed by atoms with Crippen molar-refractivity contribution in [3.63, 3.8) is 0 Å². The van der Waals surface area contributed by atoms with Crippen molar-refractivity contribution < 1.29 is 4.74 Å². The number of nitrogens with zero attached hydrogens (tertiary/aromatic N) is 2. The Morgan fingerprint density at radius 2 is 1.67 bits per heavy atom. The molecule has 0 saturated heterocycles. The fourth-order valence-electron chi connectivity index (χ4n) is 3.75. The van der Waals surface area contributed by atoms with Crippen molar-refractivity contribution in [3.8, 4) is 5.75 Å². The molecule has 3 aromatic rings. The molecular formula is C22H16Cl2N2O. The predicted octanol–water partition coefficient (Wildman–Crippen LogP) is 6.24. The molecule has 0 unspecified atom stereocenters. The number of fused-ring (bicyclic) bond motifs is 3. The van der Waals surface area contributed by atoms with Crippen LogP contribution in [-0.2, 0) is 0 Å². The number of benzene rings is 3. The second kappa shape index (κ2) is 6.59. The minimum atomic E-state index is -0.393. The molecule has 0 amide bonds. The van der Waals surface area contributed by atoms with Gasteiger partial charge in [-0.25, -0.2) is 5.01 Å². The van der Waals surface area contributed by atoms with Crippen molar-refractivity contribution in [3.05, 3.63) is 99.5 Å². The van der Waals surface area contributed by atoms with Crippen molar-refractivity contribution in [2.75, 3.05) is 0 Å². The topological polar surface area (TPSA) is 24.8 Å². The van der Waals surface area contributed by atoms with Gasteiger partial charge in [0.2, 0.25) is 6.23 Å². The van der Waals surface area contributed by atoms with E-state index in [0.29, 0.717) is 10.0 Å². The van der Waals surface area contributed by atoms with Crippen molar-refractivity contribution in [2.45, 2.75) is 18.7 Å². The van der Waals surface area contributed by atoms with Crippen molar-refractivity contribution in [2.24, 2.45) is 5.10 Å². The molecule has 0 aliphatic carbocycles. The van der Waals surface area contributed by atoms with Gasteiger partial charge in [0.1, 0.15) is 5.75 Å². The molecule has 3 nitrogen and oxygen atoms in total. The zero-order valence-corrected chi connectivity index (χ0v) is 15.9. The molecule has 0 N–H and O–H groups in total. The van der Waals surface area contributed by atoms with Crippen molar-refractivity contribution in [1.82, 2.24) is 5.01 Å². The first-order valence-electron chi connectivity index (χ1n) is 8.82. The lowest BCUT2D eigenvalue weighted by atomic mass is 9.96. The molecule has 2 aliphatic heterocycles. The Balaban J connectivity index is 1.62. The Morgan fingerprint density at radius 3 is 2.48 bits per heavy atom. The summed E-state index contributed by atoms with van der Waals surface area (Å²) in [6.45, 7) is 0. The van der Waals surface area contributed by atoms with E-state index in [1.54, 1.807) is 6.07 Å². The number of hydrogen-bond donors (Lipinski definition) is 0. The zero-order valence-electron chi connectivity index (χ0n) is 14.3. The van der Waals surface area contributed by atoms with Crippen LogP contribution in [0, 0.1) is 0 Å². The maximum Gasteiger partial charge on any atom is 0.215 e. The molecule has 5 heteroatoms. The summed E-state index contributed by atoms with van der Waals surface area (Å²) in [5.41, 5.74) is 4.19. The van der Waals surface area contributed by atoms with Gasteiger partial charge in [0.25, 0.3) is 0 Å². The van der Waals surface area contributed by atoms with Crippen LogP contribution in [0.1, 0.15) is 35.4 Å². The van der Waals surface area contributed by atoms with Gasteiger partial charge in [-0.2, -0.15) is 5.10 Å². The van der Waals surface area contributed by atoms with Gasteiger partial charge < -0.3 is 4.74 Å². The summed E-state index contributed by atoms with van der Waals surface area (Å²) in [6.07, 6.45) is 0.433. The van der Waals surface area contributed by atoms with Crippen LogP contribution in [-0.4, -0.2) is 10.7 Å². The minimum Gasteiger partial charge on any atom is -0.464 e. The van der Waals surface area contributed by atoms with Crippen LogP contribution in [0.15, 0.2) is 77.9 Å². The first kappa shape index (κ1) is 16.7. The summed E-state index contributed by atoms with van der Waals surface area (Å²) in [7, 11) is 0. The van der Waals surface area contributed by atoms with Crippen LogP contribution in [0.25, 0.3) is 0 Å². The predicted molar refractivity (Wildman–Crippen MR) is 108 cm³/mol. The number of ether oxygens (including phenoxy) is 1. The third kappa shape index (κ3) is 2.88. The second-order valence-corrected chi connectivity index (χ2v) is 7.53. The van der Waals surface area contributed by atoms with E-state index in [2.05, 4.69) is 18.2 Å². The van der Waals surface area contributed by atoms with E-state index in [0.717, 1.165) is 34.6 Å². The maximum atomic E-state index is 6.49. The number of para-hydroxylation sites is 1. The van der Waals surface area contributed by atoms with Crippen LogP contribution in [0.2, 0.25) is 10.0 Å². The Bertz CT molecular complexity index is 1040. The van der Waals surface area contributed by atoms with E-state index in [9.17, 15) is 0 Å². The van der Waals surface area contributed by atoms with Crippen LogP contribution < -0.4 is 4.74 Å². The summed E-state index contributed by atoms with van der Waals surface area (Å²) in [6, 6.07) is 24.0. The van der Waals surface area contributed by atoms with E-state index >= 15 is 0 Å². The monoisotopic (exact) mass is 394 g/mol. The van der Waals surface area contributed by atoms with Gasteiger partial charge in [-0.15, -0.1) is 0 Å². The Kier molecular flexibility index (Phi) is 4.07. The molecule has 2 heterocycles. The van der Waals surface area contributed by atoms with Gasteiger partial charge >= 0.3 is 0 Å². The molecule has 2 atom stereocenters. The lowest BCUT2D eigenvalue weighted by Crippen LogP contribution is -2.33. The SMILES string of the molecule is Clc1ccc([C@H]2Oc3ccccc3[C@H]3CC(c4ccccc4)=NN32)c(Cl)c1. The number of hydrogen-bond acceptors (Lipinski definition) is 3. The third-order valence-corrected chi connectivity index (χ3v) is 5.60. The Hall–Kier alpha value is -2.49. The van der Waals surface area contributed by atoms with Gasteiger partial charge in [-0.05, 0) is 23.8 Å². The lowest BCUT2D eigenvalue weighted by molar-refractivity contribution is -0.0189. The van der Waals surface area contributed by atoms with E-state index < -0.39 is 6.23 Å². The average Bonchev–Trinajstić information content (AvgIpc) is 3.14. The second-order valence-electron chi connectivity index (χ2n) is 6.69. The van der Waals surface area contributed by atoms with E-state index in [-0.39, 0.29) is 6.04 Å². The van der Waals surface area contributed by atoms with Gasteiger partial charge in [-0.1, -0.05) is 77.8 Å². The third-order valence-electron chi connectivity index (χ3n) is 5.03. The van der Waals surface area contributed by atoms with Crippen LogP contribution in [0.3, 0.4) is 0 Å². The highest BCUT2D eigenvalue weighted by molar-refractivity contribution is 6.35. The molecule has 2 aliphatic rings. The largest absolute Gasteiger partial charge is 0.464 e. The molecule has 5 rings (SSSR count). The molecule has 0 saturated carbocycles. The van der Waals surface area contributed by atoms with E-state index in [1.165, 1.54) is 0 Å². The summed E-state index contributed by atoms with van der Waals surface area (Å²) >= 11 is 12.6. The van der Waals surface area contributed by atoms with Gasteiger partial charge in [0, 0.05) is 22.6 Å². The highest BCUT2D eigenvalue weighted by atomic mass is 35.5. The Labute approximate surface area is 167 Å². The van der Waals surface area contributed by atoms with Crippen molar-refractivity contribution >= 4 is 28.9 Å². The van der Waals surface area contributed by atoms with Gasteiger partial charge in [0.15, 0.2) is 0 Å². The van der Waals surface area contributed by atoms with Crippen LogP contribution >= 0.6 is 23.2 Å². The van der Waals surface area contributed by atoms with Gasteiger partial charge in [0.05, 0.1) is 16.8 Å². The number of hydrazone groups is 1. The van der Waals surface area contributed by atoms with Gasteiger partial charge in [-0.3, -0.25) is 0 Å². The smallest absolute Gasteiger partial charge is 0.215 e. The standard InChI is InChI=1S/C22H16Cl2N2O/c23-15-10-11-16(18(24)12-15)22-26-20(17-8-4-5-9-21(17)27-22)13-19(25-26)14-6-2-1-3-7-14/h1-12,20,22H,13H2/t20-,22-/m1/s1. The summed E-state index contributed by atoms with van der Waals surface area (Å²) in [5.74, 6) is 0.874. The highest BCUT2D eigenvalue weighted by Crippen LogP contribution is 2.48. The quantitative estimate of drug-likeness (QED) is 0.513. The first-order valence-corrected chi connectivity index (χ1v) is 9.58. The number of halogens is 2. The Morgan fingerprint density at radius 1 is 0.889 bits per heavy atom.